The molecule has 8 aromatic carbocycles. The molecule has 0 N–H and O–H groups in total. The van der Waals surface area contributed by atoms with Crippen molar-refractivity contribution in [1.82, 2.24) is 0 Å². The molecule has 45 heavy (non-hydrogen) atoms. The lowest BCUT2D eigenvalue weighted by atomic mass is 9.84. The Labute approximate surface area is 264 Å². The summed E-state index contributed by atoms with van der Waals surface area (Å²) in [7, 11) is 0. The van der Waals surface area contributed by atoms with Crippen molar-refractivity contribution in [3.63, 3.8) is 0 Å². The Morgan fingerprint density at radius 2 is 0.978 bits per heavy atom. The molecule has 0 aromatic heterocycles. The first kappa shape index (κ1) is 26.9. The number of hydrogen-bond donors (Lipinski definition) is 0. The lowest BCUT2D eigenvalue weighted by Crippen LogP contribution is -1.92. The van der Waals surface area contributed by atoms with Gasteiger partial charge >= 0.3 is 0 Å². The Morgan fingerprint density at radius 3 is 1.73 bits per heavy atom. The SMILES string of the molecule is C(=C\c1ccc(-c2c3ccccc3c(-c3ccccc3)c3c2ccc2ccccc23)cc1)/Cc1cccc(-c2ccccc2)c1. The van der Waals surface area contributed by atoms with Crippen molar-refractivity contribution < 1.29 is 0 Å². The molecule has 0 unspecified atom stereocenters. The third-order valence-electron chi connectivity index (χ3n) is 8.87. The van der Waals surface area contributed by atoms with E-state index in [0.717, 1.165) is 6.42 Å². The van der Waals surface area contributed by atoms with Crippen LogP contribution in [-0.2, 0) is 6.42 Å². The van der Waals surface area contributed by atoms with Gasteiger partial charge in [-0.15, -0.1) is 0 Å². The minimum atomic E-state index is 0.895. The fourth-order valence-corrected chi connectivity index (χ4v) is 6.76. The van der Waals surface area contributed by atoms with Crippen molar-refractivity contribution in [1.29, 1.82) is 0 Å². The first-order valence-corrected chi connectivity index (χ1v) is 15.7. The van der Waals surface area contributed by atoms with Gasteiger partial charge in [0, 0.05) is 0 Å². The second-order valence-electron chi connectivity index (χ2n) is 11.7. The van der Waals surface area contributed by atoms with E-state index in [-0.39, 0.29) is 0 Å². The molecule has 0 fully saturated rings. The molecule has 8 rings (SSSR count). The van der Waals surface area contributed by atoms with Crippen LogP contribution in [0, 0.1) is 0 Å². The molecule has 0 amide bonds. The number of benzene rings is 8. The van der Waals surface area contributed by atoms with Crippen molar-refractivity contribution in [2.75, 3.05) is 0 Å². The molecule has 0 nitrogen and oxygen atoms in total. The highest BCUT2D eigenvalue weighted by Gasteiger charge is 2.18. The van der Waals surface area contributed by atoms with Crippen LogP contribution in [-0.4, -0.2) is 0 Å². The molecular formula is C45H32. The summed E-state index contributed by atoms with van der Waals surface area (Å²) in [6.45, 7) is 0. The van der Waals surface area contributed by atoms with Crippen molar-refractivity contribution in [3.8, 4) is 33.4 Å². The summed E-state index contributed by atoms with van der Waals surface area (Å²) < 4.78 is 0. The third kappa shape index (κ3) is 5.11. The standard InChI is InChI=1S/C45H32/c1-3-16-34(17-4-1)38-21-12-15-33(31-38)14-11-13-32-25-27-37(28-26-32)43-40-23-9-10-24-41(40)44(36-19-5-2-6-20-36)45-39-22-8-7-18-35(39)29-30-42(43)45/h1-13,15-31H,14H2/b13-11+. The van der Waals surface area contributed by atoms with Gasteiger partial charge in [0.1, 0.15) is 0 Å². The largest absolute Gasteiger partial charge is 0.0795 e. The van der Waals surface area contributed by atoms with Gasteiger partial charge in [0.2, 0.25) is 0 Å². The molecular weight excluding hydrogens is 540 g/mol. The molecule has 0 spiro atoms. The number of allylic oxidation sites excluding steroid dienone is 1. The minimum Gasteiger partial charge on any atom is -0.0795 e. The molecule has 8 aromatic rings. The van der Waals surface area contributed by atoms with Crippen molar-refractivity contribution >= 4 is 38.4 Å². The molecule has 0 aliphatic carbocycles. The zero-order valence-corrected chi connectivity index (χ0v) is 25.0. The highest BCUT2D eigenvalue weighted by atomic mass is 14.2. The van der Waals surface area contributed by atoms with Crippen LogP contribution in [0.15, 0.2) is 176 Å². The fourth-order valence-electron chi connectivity index (χ4n) is 6.76. The van der Waals surface area contributed by atoms with Crippen molar-refractivity contribution in [3.05, 3.63) is 187 Å². The zero-order chi connectivity index (χ0) is 30.0. The van der Waals surface area contributed by atoms with Crippen LogP contribution in [0.3, 0.4) is 0 Å². The van der Waals surface area contributed by atoms with Gasteiger partial charge in [0.05, 0.1) is 0 Å². The summed E-state index contributed by atoms with van der Waals surface area (Å²) >= 11 is 0. The smallest absolute Gasteiger partial charge is 0.00141 e. The molecule has 0 heteroatoms. The Balaban J connectivity index is 1.20. The van der Waals surface area contributed by atoms with Crippen LogP contribution < -0.4 is 0 Å². The Hall–Kier alpha value is -5.72. The maximum atomic E-state index is 2.32. The summed E-state index contributed by atoms with van der Waals surface area (Å²) in [4.78, 5) is 0. The van der Waals surface area contributed by atoms with Gasteiger partial charge in [-0.3, -0.25) is 0 Å². The average molecular weight is 573 g/mol. The van der Waals surface area contributed by atoms with Crippen LogP contribution in [0.5, 0.6) is 0 Å². The first-order valence-electron chi connectivity index (χ1n) is 15.7. The van der Waals surface area contributed by atoms with Gasteiger partial charge in [0.25, 0.3) is 0 Å². The summed E-state index contributed by atoms with van der Waals surface area (Å²) in [6.07, 6.45) is 5.40. The second-order valence-corrected chi connectivity index (χ2v) is 11.7. The van der Waals surface area contributed by atoms with Gasteiger partial charge in [-0.1, -0.05) is 182 Å². The van der Waals surface area contributed by atoms with E-state index in [2.05, 4.69) is 182 Å². The maximum Gasteiger partial charge on any atom is -0.00141 e. The lowest BCUT2D eigenvalue weighted by molar-refractivity contribution is 1.28. The maximum absolute atomic E-state index is 2.32. The number of fused-ring (bicyclic) bond motifs is 4. The highest BCUT2D eigenvalue weighted by Crippen LogP contribution is 2.46. The lowest BCUT2D eigenvalue weighted by Gasteiger charge is -2.19. The van der Waals surface area contributed by atoms with Crippen molar-refractivity contribution in [2.45, 2.75) is 6.42 Å². The number of hydrogen-bond acceptors (Lipinski definition) is 0. The first-order chi connectivity index (χ1) is 22.3. The van der Waals surface area contributed by atoms with Crippen LogP contribution in [0.4, 0.5) is 0 Å². The van der Waals surface area contributed by atoms with E-state index in [1.807, 2.05) is 0 Å². The summed E-state index contributed by atoms with van der Waals surface area (Å²) in [5.74, 6) is 0. The zero-order valence-electron chi connectivity index (χ0n) is 25.0. The quantitative estimate of drug-likeness (QED) is 0.137. The van der Waals surface area contributed by atoms with Gasteiger partial charge in [-0.25, -0.2) is 0 Å². The predicted octanol–water partition coefficient (Wildman–Crippen LogP) is 12.4. The third-order valence-corrected chi connectivity index (χ3v) is 8.87. The van der Waals surface area contributed by atoms with Gasteiger partial charge in [0.15, 0.2) is 0 Å². The van der Waals surface area contributed by atoms with E-state index in [4.69, 9.17) is 0 Å². The molecule has 0 aliphatic heterocycles. The Kier molecular flexibility index (Phi) is 7.02. The van der Waals surface area contributed by atoms with Crippen LogP contribution in [0.1, 0.15) is 11.1 Å². The molecule has 0 saturated heterocycles. The molecule has 0 saturated carbocycles. The van der Waals surface area contributed by atoms with E-state index in [0.29, 0.717) is 0 Å². The predicted molar refractivity (Wildman–Crippen MR) is 194 cm³/mol. The van der Waals surface area contributed by atoms with Gasteiger partial charge in [-0.2, -0.15) is 0 Å². The van der Waals surface area contributed by atoms with E-state index in [1.165, 1.54) is 76.8 Å². The normalized spacial score (nSPS) is 11.6. The molecule has 0 atom stereocenters. The Bertz CT molecular complexity index is 2310. The van der Waals surface area contributed by atoms with Crippen molar-refractivity contribution in [2.24, 2.45) is 0 Å². The van der Waals surface area contributed by atoms with E-state index < -0.39 is 0 Å². The summed E-state index contributed by atoms with van der Waals surface area (Å²) in [5.41, 5.74) is 10.1. The van der Waals surface area contributed by atoms with Crippen LogP contribution >= 0.6 is 0 Å². The Morgan fingerprint density at radius 1 is 0.378 bits per heavy atom. The monoisotopic (exact) mass is 572 g/mol. The fraction of sp³-hybridized carbons (Fsp3) is 0.0222. The summed E-state index contributed by atoms with van der Waals surface area (Å²) in [6, 6.07) is 61.6. The molecule has 0 bridgehead atoms. The van der Waals surface area contributed by atoms with E-state index in [1.54, 1.807) is 0 Å². The highest BCUT2D eigenvalue weighted by molar-refractivity contribution is 6.27. The van der Waals surface area contributed by atoms with Gasteiger partial charge < -0.3 is 0 Å². The summed E-state index contributed by atoms with van der Waals surface area (Å²) in [5, 5.41) is 7.71. The average Bonchev–Trinajstić information content (AvgIpc) is 3.12. The molecule has 0 radical (unpaired) electrons. The molecule has 212 valence electrons. The topological polar surface area (TPSA) is 0 Å². The number of rotatable bonds is 6. The minimum absolute atomic E-state index is 0.895. The molecule has 0 aliphatic rings. The van der Waals surface area contributed by atoms with Crippen LogP contribution in [0.2, 0.25) is 0 Å². The van der Waals surface area contributed by atoms with Gasteiger partial charge in [-0.05, 0) is 83.2 Å². The second kappa shape index (κ2) is 11.8. The molecule has 0 heterocycles. The van der Waals surface area contributed by atoms with E-state index in [9.17, 15) is 0 Å². The van der Waals surface area contributed by atoms with E-state index >= 15 is 0 Å². The van der Waals surface area contributed by atoms with Crippen LogP contribution in [0.25, 0.3) is 71.8 Å².